The molecule has 0 aromatic carbocycles. The largest absolute Gasteiger partial charge is 0.356 e. The highest BCUT2D eigenvalue weighted by Crippen LogP contribution is 2.01. The van der Waals surface area contributed by atoms with Crippen LogP contribution in [0.5, 0.6) is 0 Å². The third kappa shape index (κ3) is 7.63. The molecular formula is C15H21N. The summed E-state index contributed by atoms with van der Waals surface area (Å²) in [6, 6.07) is 0. The molecule has 0 aromatic heterocycles. The minimum atomic E-state index is 0.827. The standard InChI is InChI=1S/C15H21N/c1-6-8-9-11-14(4)16-15(5)12-13(3)10-7-2/h6-12,16H,4-5H2,1-3H3/b8-6-,10-7-,11-9-,13-12+. The summed E-state index contributed by atoms with van der Waals surface area (Å²) in [5.41, 5.74) is 2.82. The highest BCUT2D eigenvalue weighted by atomic mass is 14.9. The van der Waals surface area contributed by atoms with Crippen molar-refractivity contribution < 1.29 is 0 Å². The molecule has 0 rings (SSSR count). The Labute approximate surface area is 99.3 Å². The second-order valence-corrected chi connectivity index (χ2v) is 3.45. The van der Waals surface area contributed by atoms with Crippen molar-refractivity contribution in [3.63, 3.8) is 0 Å². The monoisotopic (exact) mass is 215 g/mol. The normalized spacial score (nSPS) is 12.8. The van der Waals surface area contributed by atoms with Crippen LogP contribution in [0.2, 0.25) is 0 Å². The van der Waals surface area contributed by atoms with Gasteiger partial charge < -0.3 is 5.32 Å². The van der Waals surface area contributed by atoms with E-state index in [4.69, 9.17) is 0 Å². The number of nitrogens with one attached hydrogen (secondary N) is 1. The zero-order valence-electron chi connectivity index (χ0n) is 10.5. The molecule has 0 bridgehead atoms. The fraction of sp³-hybridized carbons (Fsp3) is 0.200. The Bertz CT molecular complexity index is 352. The molecule has 0 aliphatic heterocycles. The van der Waals surface area contributed by atoms with Gasteiger partial charge in [-0.05, 0) is 38.5 Å². The molecule has 0 radical (unpaired) electrons. The molecule has 0 aliphatic rings. The molecule has 86 valence electrons. The molecule has 0 aliphatic carbocycles. The van der Waals surface area contributed by atoms with Gasteiger partial charge in [0.1, 0.15) is 0 Å². The van der Waals surface area contributed by atoms with E-state index in [-0.39, 0.29) is 0 Å². The Kier molecular flexibility index (Phi) is 7.60. The van der Waals surface area contributed by atoms with Gasteiger partial charge in [0.2, 0.25) is 0 Å². The Morgan fingerprint density at radius 1 is 0.938 bits per heavy atom. The predicted molar refractivity (Wildman–Crippen MR) is 73.9 cm³/mol. The maximum atomic E-state index is 3.91. The molecular weight excluding hydrogens is 194 g/mol. The van der Waals surface area contributed by atoms with Crippen LogP contribution in [0.1, 0.15) is 20.8 Å². The molecule has 0 heterocycles. The van der Waals surface area contributed by atoms with Crippen LogP contribution in [0.15, 0.2) is 72.7 Å². The molecule has 1 N–H and O–H groups in total. The minimum absolute atomic E-state index is 0.827. The van der Waals surface area contributed by atoms with E-state index >= 15 is 0 Å². The highest BCUT2D eigenvalue weighted by molar-refractivity contribution is 5.30. The van der Waals surface area contributed by atoms with Crippen LogP contribution in [0, 0.1) is 0 Å². The highest BCUT2D eigenvalue weighted by Gasteiger charge is 1.90. The fourth-order valence-corrected chi connectivity index (χ4v) is 1.15. The van der Waals surface area contributed by atoms with Crippen molar-refractivity contribution in [1.29, 1.82) is 0 Å². The average Bonchev–Trinajstić information content (AvgIpc) is 2.17. The lowest BCUT2D eigenvalue weighted by Crippen LogP contribution is -2.07. The van der Waals surface area contributed by atoms with Gasteiger partial charge >= 0.3 is 0 Å². The van der Waals surface area contributed by atoms with Crippen molar-refractivity contribution in [2.75, 3.05) is 0 Å². The SMILES string of the molecule is C=C(/C=C\C=C/C)NC(=C)/C=C(C)/C=C\C. The summed E-state index contributed by atoms with van der Waals surface area (Å²) in [6.45, 7) is 13.8. The van der Waals surface area contributed by atoms with Crippen LogP contribution in [-0.4, -0.2) is 0 Å². The maximum absolute atomic E-state index is 3.91. The molecule has 0 unspecified atom stereocenters. The fourth-order valence-electron chi connectivity index (χ4n) is 1.15. The third-order valence-corrected chi connectivity index (χ3v) is 1.75. The summed E-state index contributed by atoms with van der Waals surface area (Å²) in [5.74, 6) is 0. The van der Waals surface area contributed by atoms with Crippen LogP contribution in [0.4, 0.5) is 0 Å². The van der Waals surface area contributed by atoms with Gasteiger partial charge in [-0.25, -0.2) is 0 Å². The average molecular weight is 215 g/mol. The van der Waals surface area contributed by atoms with Crippen LogP contribution < -0.4 is 5.32 Å². The van der Waals surface area contributed by atoms with Gasteiger partial charge in [0.15, 0.2) is 0 Å². The Morgan fingerprint density at radius 2 is 1.62 bits per heavy atom. The molecule has 0 fully saturated rings. The van der Waals surface area contributed by atoms with Gasteiger partial charge in [-0.3, -0.25) is 0 Å². The van der Waals surface area contributed by atoms with Crippen molar-refractivity contribution in [1.82, 2.24) is 5.32 Å². The second kappa shape index (κ2) is 8.54. The number of rotatable bonds is 6. The smallest absolute Gasteiger partial charge is 0.0313 e. The summed E-state index contributed by atoms with van der Waals surface area (Å²) in [4.78, 5) is 0. The molecule has 1 nitrogen and oxygen atoms in total. The van der Waals surface area contributed by atoms with Crippen LogP contribution in [0.25, 0.3) is 0 Å². The van der Waals surface area contributed by atoms with E-state index in [2.05, 4.69) is 18.5 Å². The van der Waals surface area contributed by atoms with Crippen LogP contribution in [-0.2, 0) is 0 Å². The van der Waals surface area contributed by atoms with E-state index in [1.807, 2.05) is 63.3 Å². The first kappa shape index (κ1) is 14.2. The summed E-state index contributed by atoms with van der Waals surface area (Å²) in [7, 11) is 0. The van der Waals surface area contributed by atoms with Crippen molar-refractivity contribution in [3.05, 3.63) is 72.7 Å². The topological polar surface area (TPSA) is 12.0 Å². The quantitative estimate of drug-likeness (QED) is 0.653. The lowest BCUT2D eigenvalue weighted by molar-refractivity contribution is 1.06. The Balaban J connectivity index is 4.25. The van der Waals surface area contributed by atoms with Gasteiger partial charge in [-0.1, -0.05) is 43.5 Å². The molecule has 0 saturated heterocycles. The van der Waals surface area contributed by atoms with Gasteiger partial charge in [0, 0.05) is 11.4 Å². The third-order valence-electron chi connectivity index (χ3n) is 1.75. The van der Waals surface area contributed by atoms with E-state index < -0.39 is 0 Å². The summed E-state index contributed by atoms with van der Waals surface area (Å²) < 4.78 is 0. The van der Waals surface area contributed by atoms with Gasteiger partial charge in [-0.2, -0.15) is 0 Å². The van der Waals surface area contributed by atoms with Crippen molar-refractivity contribution >= 4 is 0 Å². The predicted octanol–water partition coefficient (Wildman–Crippen LogP) is 4.26. The number of hydrogen-bond acceptors (Lipinski definition) is 1. The van der Waals surface area contributed by atoms with Crippen molar-refractivity contribution in [2.24, 2.45) is 0 Å². The summed E-state index contributed by atoms with van der Waals surface area (Å²) >= 11 is 0. The molecule has 0 spiro atoms. The summed E-state index contributed by atoms with van der Waals surface area (Å²) in [6.07, 6.45) is 13.8. The maximum Gasteiger partial charge on any atom is 0.0313 e. The lowest BCUT2D eigenvalue weighted by atomic mass is 10.2. The zero-order valence-corrected chi connectivity index (χ0v) is 10.5. The summed E-state index contributed by atoms with van der Waals surface area (Å²) in [5, 5.41) is 3.11. The van der Waals surface area contributed by atoms with Crippen LogP contribution >= 0.6 is 0 Å². The van der Waals surface area contributed by atoms with E-state index in [1.165, 1.54) is 0 Å². The Hall–Kier alpha value is -1.76. The van der Waals surface area contributed by atoms with Crippen LogP contribution in [0.3, 0.4) is 0 Å². The Morgan fingerprint density at radius 3 is 2.19 bits per heavy atom. The van der Waals surface area contributed by atoms with Gasteiger partial charge in [-0.15, -0.1) is 0 Å². The van der Waals surface area contributed by atoms with E-state index in [0.717, 1.165) is 17.0 Å². The first-order valence-electron chi connectivity index (χ1n) is 5.35. The van der Waals surface area contributed by atoms with Crippen molar-refractivity contribution in [3.8, 4) is 0 Å². The second-order valence-electron chi connectivity index (χ2n) is 3.45. The molecule has 0 atom stereocenters. The van der Waals surface area contributed by atoms with Gasteiger partial charge in [0.25, 0.3) is 0 Å². The first-order valence-corrected chi connectivity index (χ1v) is 5.35. The van der Waals surface area contributed by atoms with E-state index in [9.17, 15) is 0 Å². The molecule has 16 heavy (non-hydrogen) atoms. The lowest BCUT2D eigenvalue weighted by Gasteiger charge is -2.05. The van der Waals surface area contributed by atoms with E-state index in [0.29, 0.717) is 0 Å². The molecule has 0 aromatic rings. The molecule has 0 saturated carbocycles. The van der Waals surface area contributed by atoms with Gasteiger partial charge in [0.05, 0.1) is 0 Å². The zero-order chi connectivity index (χ0) is 12.4. The molecule has 1 heteroatoms. The number of hydrogen-bond donors (Lipinski definition) is 1. The minimum Gasteiger partial charge on any atom is -0.356 e. The van der Waals surface area contributed by atoms with Crippen molar-refractivity contribution in [2.45, 2.75) is 20.8 Å². The van der Waals surface area contributed by atoms with E-state index in [1.54, 1.807) is 0 Å². The molecule has 0 amide bonds. The number of allylic oxidation sites excluding steroid dienone is 8. The first-order chi connectivity index (χ1) is 7.60.